The smallest absolute Gasteiger partial charge is 0.236 e. The molecule has 1 aliphatic rings. The van der Waals surface area contributed by atoms with E-state index in [-0.39, 0.29) is 11.8 Å². The first-order valence-electron chi connectivity index (χ1n) is 9.02. The Bertz CT molecular complexity index is 537. The van der Waals surface area contributed by atoms with Crippen molar-refractivity contribution in [2.75, 3.05) is 59.4 Å². The maximum Gasteiger partial charge on any atom is 0.236 e. The molecule has 0 unspecified atom stereocenters. The zero-order valence-corrected chi connectivity index (χ0v) is 16.4. The Balaban J connectivity index is 1.71. The van der Waals surface area contributed by atoms with Crippen molar-refractivity contribution in [3.8, 4) is 0 Å². The zero-order valence-electron chi connectivity index (χ0n) is 15.6. The SMILES string of the molecule is CCN(CC)C(=O)CN(C)CC(=O)N1CCN(Cc2cccs2)CC1. The quantitative estimate of drug-likeness (QED) is 0.693. The highest BCUT2D eigenvalue weighted by Crippen LogP contribution is 2.13. The first-order valence-corrected chi connectivity index (χ1v) is 9.90. The van der Waals surface area contributed by atoms with Gasteiger partial charge in [-0.2, -0.15) is 0 Å². The summed E-state index contributed by atoms with van der Waals surface area (Å²) in [7, 11) is 1.84. The fourth-order valence-electron chi connectivity index (χ4n) is 3.07. The van der Waals surface area contributed by atoms with Crippen LogP contribution in [0.4, 0.5) is 0 Å². The zero-order chi connectivity index (χ0) is 18.2. The molecule has 0 saturated carbocycles. The fraction of sp³-hybridized carbons (Fsp3) is 0.667. The van der Waals surface area contributed by atoms with Crippen molar-refractivity contribution < 1.29 is 9.59 Å². The maximum absolute atomic E-state index is 12.5. The topological polar surface area (TPSA) is 47.1 Å². The number of carbonyl (C=O) groups is 2. The summed E-state index contributed by atoms with van der Waals surface area (Å²) in [5, 5.41) is 2.10. The van der Waals surface area contributed by atoms with Crippen molar-refractivity contribution in [3.05, 3.63) is 22.4 Å². The lowest BCUT2D eigenvalue weighted by Crippen LogP contribution is -2.51. The Morgan fingerprint density at radius 1 is 1.12 bits per heavy atom. The van der Waals surface area contributed by atoms with Crippen molar-refractivity contribution in [3.63, 3.8) is 0 Å². The molecule has 1 aromatic rings. The molecule has 0 radical (unpaired) electrons. The summed E-state index contributed by atoms with van der Waals surface area (Å²) in [6, 6.07) is 4.24. The van der Waals surface area contributed by atoms with Gasteiger partial charge in [0.1, 0.15) is 0 Å². The van der Waals surface area contributed by atoms with E-state index in [0.717, 1.165) is 32.7 Å². The van der Waals surface area contributed by atoms with E-state index in [9.17, 15) is 9.59 Å². The molecular weight excluding hydrogens is 336 g/mol. The summed E-state index contributed by atoms with van der Waals surface area (Å²) < 4.78 is 0. The van der Waals surface area contributed by atoms with E-state index in [1.165, 1.54) is 4.88 Å². The van der Waals surface area contributed by atoms with Crippen LogP contribution in [-0.2, 0) is 16.1 Å². The molecule has 0 bridgehead atoms. The van der Waals surface area contributed by atoms with Crippen molar-refractivity contribution in [1.82, 2.24) is 19.6 Å². The summed E-state index contributed by atoms with van der Waals surface area (Å²) in [6.45, 7) is 10.3. The summed E-state index contributed by atoms with van der Waals surface area (Å²) in [6.07, 6.45) is 0. The lowest BCUT2D eigenvalue weighted by Gasteiger charge is -2.35. The van der Waals surface area contributed by atoms with E-state index in [2.05, 4.69) is 22.4 Å². The molecule has 2 heterocycles. The second kappa shape index (κ2) is 9.89. The fourth-order valence-corrected chi connectivity index (χ4v) is 3.82. The van der Waals surface area contributed by atoms with Crippen molar-refractivity contribution >= 4 is 23.2 Å². The Labute approximate surface area is 155 Å². The average Bonchev–Trinajstić information content (AvgIpc) is 3.09. The van der Waals surface area contributed by atoms with Gasteiger partial charge in [-0.15, -0.1) is 11.3 Å². The van der Waals surface area contributed by atoms with Gasteiger partial charge in [-0.05, 0) is 32.3 Å². The first kappa shape index (κ1) is 19.9. The minimum absolute atomic E-state index is 0.0843. The highest BCUT2D eigenvalue weighted by atomic mass is 32.1. The molecule has 1 fully saturated rings. The number of hydrogen-bond acceptors (Lipinski definition) is 5. The third-order valence-corrected chi connectivity index (χ3v) is 5.47. The summed E-state index contributed by atoms with van der Waals surface area (Å²) >= 11 is 1.78. The largest absolute Gasteiger partial charge is 0.342 e. The molecule has 0 N–H and O–H groups in total. The maximum atomic E-state index is 12.5. The van der Waals surface area contributed by atoms with Crippen molar-refractivity contribution in [2.24, 2.45) is 0 Å². The lowest BCUT2D eigenvalue weighted by atomic mass is 10.3. The standard InChI is InChI=1S/C18H30N4O2S/c1-4-21(5-2)17(23)14-19(3)15-18(24)22-10-8-20(9-11-22)13-16-7-6-12-25-16/h6-7,12H,4-5,8-11,13-15H2,1-3H3. The van der Waals surface area contributed by atoms with E-state index in [1.807, 2.05) is 30.7 Å². The Hall–Kier alpha value is -1.44. The molecule has 2 amide bonds. The average molecular weight is 367 g/mol. The molecule has 2 rings (SSSR count). The Morgan fingerprint density at radius 2 is 1.80 bits per heavy atom. The first-order chi connectivity index (χ1) is 12.0. The number of thiophene rings is 1. The van der Waals surface area contributed by atoms with Crippen LogP contribution < -0.4 is 0 Å². The molecule has 1 saturated heterocycles. The molecule has 0 spiro atoms. The van der Waals surface area contributed by atoms with Gasteiger partial charge in [0.15, 0.2) is 0 Å². The normalized spacial score (nSPS) is 15.6. The minimum Gasteiger partial charge on any atom is -0.342 e. The molecule has 0 aliphatic carbocycles. The second-order valence-electron chi connectivity index (χ2n) is 6.47. The van der Waals surface area contributed by atoms with Gasteiger partial charge in [-0.1, -0.05) is 6.07 Å². The van der Waals surface area contributed by atoms with E-state index >= 15 is 0 Å². The van der Waals surface area contributed by atoms with Crippen LogP contribution in [-0.4, -0.2) is 90.8 Å². The molecule has 1 aromatic heterocycles. The summed E-state index contributed by atoms with van der Waals surface area (Å²) in [5.41, 5.74) is 0. The minimum atomic E-state index is 0.0843. The predicted molar refractivity (Wildman–Crippen MR) is 102 cm³/mol. The van der Waals surface area contributed by atoms with Gasteiger partial charge >= 0.3 is 0 Å². The molecule has 0 aromatic carbocycles. The van der Waals surface area contributed by atoms with Gasteiger partial charge in [-0.3, -0.25) is 19.4 Å². The molecule has 25 heavy (non-hydrogen) atoms. The number of piperazine rings is 1. The van der Waals surface area contributed by atoms with Crippen LogP contribution in [0.15, 0.2) is 17.5 Å². The lowest BCUT2D eigenvalue weighted by molar-refractivity contribution is -0.136. The summed E-state index contributed by atoms with van der Waals surface area (Å²) in [5.74, 6) is 0.201. The highest BCUT2D eigenvalue weighted by molar-refractivity contribution is 7.09. The third-order valence-electron chi connectivity index (χ3n) is 4.61. The van der Waals surface area contributed by atoms with Crippen LogP contribution in [0.5, 0.6) is 0 Å². The molecular formula is C18H30N4O2S. The number of likely N-dealkylation sites (N-methyl/N-ethyl adjacent to an activating group) is 2. The second-order valence-corrected chi connectivity index (χ2v) is 7.51. The number of carbonyl (C=O) groups excluding carboxylic acids is 2. The highest BCUT2D eigenvalue weighted by Gasteiger charge is 2.23. The molecule has 7 heteroatoms. The molecule has 6 nitrogen and oxygen atoms in total. The van der Waals surface area contributed by atoms with Crippen molar-refractivity contribution in [2.45, 2.75) is 20.4 Å². The Morgan fingerprint density at radius 3 is 2.36 bits per heavy atom. The van der Waals surface area contributed by atoms with Gasteiger partial charge in [0.05, 0.1) is 13.1 Å². The van der Waals surface area contributed by atoms with Gasteiger partial charge in [0, 0.05) is 50.7 Å². The summed E-state index contributed by atoms with van der Waals surface area (Å²) in [4.78, 5) is 33.9. The van der Waals surface area contributed by atoms with Crippen LogP contribution in [0.1, 0.15) is 18.7 Å². The number of nitrogens with zero attached hydrogens (tertiary/aromatic N) is 4. The van der Waals surface area contributed by atoms with Gasteiger partial charge < -0.3 is 9.80 Å². The van der Waals surface area contributed by atoms with E-state index in [1.54, 1.807) is 16.2 Å². The molecule has 0 atom stereocenters. The van der Waals surface area contributed by atoms with E-state index in [0.29, 0.717) is 26.2 Å². The number of amides is 2. The van der Waals surface area contributed by atoms with E-state index < -0.39 is 0 Å². The molecule has 140 valence electrons. The van der Waals surface area contributed by atoms with Gasteiger partial charge in [0.25, 0.3) is 0 Å². The van der Waals surface area contributed by atoms with Crippen molar-refractivity contribution in [1.29, 1.82) is 0 Å². The predicted octanol–water partition coefficient (Wildman–Crippen LogP) is 1.19. The van der Waals surface area contributed by atoms with Crippen LogP contribution in [0.25, 0.3) is 0 Å². The monoisotopic (exact) mass is 366 g/mol. The van der Waals surface area contributed by atoms with Gasteiger partial charge in [0.2, 0.25) is 11.8 Å². The molecule has 1 aliphatic heterocycles. The van der Waals surface area contributed by atoms with Crippen LogP contribution >= 0.6 is 11.3 Å². The van der Waals surface area contributed by atoms with Crippen LogP contribution in [0.3, 0.4) is 0 Å². The van der Waals surface area contributed by atoms with Gasteiger partial charge in [-0.25, -0.2) is 0 Å². The number of hydrogen-bond donors (Lipinski definition) is 0. The van der Waals surface area contributed by atoms with Crippen LogP contribution in [0, 0.1) is 0 Å². The van der Waals surface area contributed by atoms with Crippen LogP contribution in [0.2, 0.25) is 0 Å². The number of rotatable bonds is 8. The Kier molecular flexibility index (Phi) is 7.87. The third kappa shape index (κ3) is 6.09. The van der Waals surface area contributed by atoms with E-state index in [4.69, 9.17) is 0 Å².